The van der Waals surface area contributed by atoms with Gasteiger partial charge in [0, 0.05) is 13.1 Å². The van der Waals surface area contributed by atoms with Crippen LogP contribution in [0.4, 0.5) is 13.2 Å². The number of hydrogen-bond donors (Lipinski definition) is 1. The Bertz CT molecular complexity index is 483. The molecule has 1 N–H and O–H groups in total. The number of aliphatic hydroxyl groups excluding tert-OH is 1. The van der Waals surface area contributed by atoms with Crippen molar-refractivity contribution in [2.45, 2.75) is 45.8 Å². The van der Waals surface area contributed by atoms with E-state index in [0.717, 1.165) is 6.42 Å². The lowest BCUT2D eigenvalue weighted by Crippen LogP contribution is -2.27. The molecule has 0 unspecified atom stereocenters. The average Bonchev–Trinajstić information content (AvgIpc) is 2.64. The molecule has 0 amide bonds. The molecule has 0 fully saturated rings. The highest BCUT2D eigenvalue weighted by molar-refractivity contribution is 7.71. The average molecular weight is 312 g/mol. The van der Waals surface area contributed by atoms with Gasteiger partial charge < -0.3 is 9.67 Å². The summed E-state index contributed by atoms with van der Waals surface area (Å²) < 4.78 is 40.0. The van der Waals surface area contributed by atoms with Crippen LogP contribution < -0.4 is 0 Å². The third-order valence-corrected chi connectivity index (χ3v) is 3.17. The molecule has 9 heteroatoms. The number of alkyl halides is 3. The minimum absolute atomic E-state index is 0.125. The van der Waals surface area contributed by atoms with Crippen LogP contribution in [0.5, 0.6) is 0 Å². The smallest absolute Gasteiger partial charge is 0.388 e. The zero-order valence-electron chi connectivity index (χ0n) is 11.5. The topological polar surface area (TPSA) is 46.2 Å². The third-order valence-electron chi connectivity index (χ3n) is 2.74. The van der Waals surface area contributed by atoms with Gasteiger partial charge in [0.2, 0.25) is 0 Å². The lowest BCUT2D eigenvalue weighted by molar-refractivity contribution is -0.138. The van der Waals surface area contributed by atoms with E-state index in [1.807, 2.05) is 6.92 Å². The summed E-state index contributed by atoms with van der Waals surface area (Å²) in [4.78, 5) is 1.49. The monoisotopic (exact) mass is 312 g/mol. The number of nitrogens with zero attached hydrogens (tertiary/aromatic N) is 4. The van der Waals surface area contributed by atoms with Gasteiger partial charge in [-0.3, -0.25) is 4.90 Å². The molecule has 0 spiro atoms. The highest BCUT2D eigenvalue weighted by atomic mass is 32.1. The van der Waals surface area contributed by atoms with Crippen molar-refractivity contribution in [3.05, 3.63) is 10.6 Å². The molecule has 116 valence electrons. The van der Waals surface area contributed by atoms with Crippen molar-refractivity contribution in [1.29, 1.82) is 0 Å². The Labute approximate surface area is 120 Å². The molecule has 0 aromatic carbocycles. The maximum atomic E-state index is 12.2. The maximum Gasteiger partial charge on any atom is 0.390 e. The van der Waals surface area contributed by atoms with E-state index in [2.05, 4.69) is 5.10 Å². The summed E-state index contributed by atoms with van der Waals surface area (Å²) in [7, 11) is 1.57. The van der Waals surface area contributed by atoms with Crippen LogP contribution in [0.2, 0.25) is 0 Å². The molecule has 0 bridgehead atoms. The molecule has 1 heterocycles. The van der Waals surface area contributed by atoms with Gasteiger partial charge in [-0.05, 0) is 25.7 Å². The van der Waals surface area contributed by atoms with Crippen molar-refractivity contribution in [3.8, 4) is 0 Å². The largest absolute Gasteiger partial charge is 0.390 e. The fourth-order valence-electron chi connectivity index (χ4n) is 1.76. The van der Waals surface area contributed by atoms with Crippen LogP contribution in [0.25, 0.3) is 0 Å². The van der Waals surface area contributed by atoms with Gasteiger partial charge in [-0.25, -0.2) is 4.68 Å². The summed E-state index contributed by atoms with van der Waals surface area (Å²) in [6, 6.07) is 0. The molecule has 0 saturated heterocycles. The van der Waals surface area contributed by atoms with E-state index in [4.69, 9.17) is 12.2 Å². The quantitative estimate of drug-likeness (QED) is 0.784. The van der Waals surface area contributed by atoms with Crippen LogP contribution in [-0.2, 0) is 19.8 Å². The highest BCUT2D eigenvalue weighted by Gasteiger charge is 2.27. The van der Waals surface area contributed by atoms with E-state index in [0.29, 0.717) is 17.1 Å². The van der Waals surface area contributed by atoms with Gasteiger partial charge in [-0.15, -0.1) is 0 Å². The summed E-state index contributed by atoms with van der Waals surface area (Å²) in [5.41, 5.74) is 0. The van der Waals surface area contributed by atoms with Crippen molar-refractivity contribution in [3.63, 3.8) is 0 Å². The minimum atomic E-state index is -4.17. The van der Waals surface area contributed by atoms with E-state index in [9.17, 15) is 18.3 Å². The number of aliphatic hydroxyl groups is 1. The SMILES string of the molecule is CCCn1c(CO)nn(CN(C)CCC(F)(F)F)c1=S. The molecule has 1 rings (SSSR count). The summed E-state index contributed by atoms with van der Waals surface area (Å²) in [5, 5.41) is 13.4. The fraction of sp³-hybridized carbons (Fsp3) is 0.818. The zero-order chi connectivity index (χ0) is 15.3. The standard InChI is InChI=1S/C11H19F3N4OS/c1-3-5-17-9(7-19)15-18(10(17)20)8-16(2)6-4-11(12,13)14/h19H,3-8H2,1-2H3. The zero-order valence-corrected chi connectivity index (χ0v) is 12.3. The lowest BCUT2D eigenvalue weighted by Gasteiger charge is -2.17. The molecule has 0 aliphatic rings. The summed E-state index contributed by atoms with van der Waals surface area (Å²) in [6.45, 7) is 2.39. The van der Waals surface area contributed by atoms with Gasteiger partial charge in [0.1, 0.15) is 6.61 Å². The summed E-state index contributed by atoms with van der Waals surface area (Å²) >= 11 is 5.22. The number of hydrogen-bond acceptors (Lipinski definition) is 4. The van der Waals surface area contributed by atoms with Crippen LogP contribution in [-0.4, -0.2) is 44.1 Å². The molecule has 0 aliphatic carbocycles. The Hall–Kier alpha value is -0.930. The summed E-state index contributed by atoms with van der Waals surface area (Å²) in [6.07, 6.45) is -4.22. The first-order valence-electron chi connectivity index (χ1n) is 6.31. The minimum Gasteiger partial charge on any atom is -0.388 e. The van der Waals surface area contributed by atoms with E-state index >= 15 is 0 Å². The van der Waals surface area contributed by atoms with Crippen LogP contribution in [0.15, 0.2) is 0 Å². The number of rotatable bonds is 7. The van der Waals surface area contributed by atoms with Crippen LogP contribution in [0, 0.1) is 4.77 Å². The fourth-order valence-corrected chi connectivity index (χ4v) is 2.06. The molecule has 0 aliphatic heterocycles. The molecule has 1 aromatic rings. The van der Waals surface area contributed by atoms with E-state index < -0.39 is 12.6 Å². The number of aromatic nitrogens is 3. The Kier molecular flexibility index (Phi) is 6.15. The van der Waals surface area contributed by atoms with Crippen LogP contribution in [0.1, 0.15) is 25.6 Å². The van der Waals surface area contributed by atoms with Crippen molar-refractivity contribution >= 4 is 12.2 Å². The second-order valence-corrected chi connectivity index (χ2v) is 4.96. The highest BCUT2D eigenvalue weighted by Crippen LogP contribution is 2.19. The molecule has 0 saturated carbocycles. The van der Waals surface area contributed by atoms with E-state index in [1.54, 1.807) is 11.6 Å². The second kappa shape index (κ2) is 7.19. The number of halogens is 3. The first-order chi connectivity index (χ1) is 9.28. The molecular formula is C11H19F3N4OS. The first kappa shape index (κ1) is 17.1. The van der Waals surface area contributed by atoms with Gasteiger partial charge in [0.25, 0.3) is 0 Å². The van der Waals surface area contributed by atoms with Crippen molar-refractivity contribution in [1.82, 2.24) is 19.2 Å². The second-order valence-electron chi connectivity index (χ2n) is 4.59. The molecule has 0 atom stereocenters. The third kappa shape index (κ3) is 4.88. The van der Waals surface area contributed by atoms with Gasteiger partial charge in [0.15, 0.2) is 10.6 Å². The molecule has 1 aromatic heterocycles. The Morgan fingerprint density at radius 2 is 2.05 bits per heavy atom. The maximum absolute atomic E-state index is 12.2. The van der Waals surface area contributed by atoms with Crippen molar-refractivity contribution in [2.24, 2.45) is 0 Å². The summed E-state index contributed by atoms with van der Waals surface area (Å²) in [5.74, 6) is 0.432. The van der Waals surface area contributed by atoms with E-state index in [1.165, 1.54) is 9.58 Å². The van der Waals surface area contributed by atoms with Crippen LogP contribution >= 0.6 is 12.2 Å². The molecular weight excluding hydrogens is 293 g/mol. The van der Waals surface area contributed by atoms with Gasteiger partial charge >= 0.3 is 6.18 Å². The van der Waals surface area contributed by atoms with Gasteiger partial charge in [-0.1, -0.05) is 6.92 Å². The molecule has 5 nitrogen and oxygen atoms in total. The predicted molar refractivity (Wildman–Crippen MR) is 70.6 cm³/mol. The van der Waals surface area contributed by atoms with Crippen LogP contribution in [0.3, 0.4) is 0 Å². The molecule has 0 radical (unpaired) electrons. The van der Waals surface area contributed by atoms with E-state index in [-0.39, 0.29) is 19.8 Å². The van der Waals surface area contributed by atoms with Gasteiger partial charge in [-0.2, -0.15) is 18.3 Å². The Morgan fingerprint density at radius 3 is 2.55 bits per heavy atom. The lowest BCUT2D eigenvalue weighted by atomic mass is 10.4. The normalized spacial score (nSPS) is 12.3. The van der Waals surface area contributed by atoms with Gasteiger partial charge in [0.05, 0.1) is 13.1 Å². The Morgan fingerprint density at radius 1 is 1.40 bits per heavy atom. The Balaban J connectivity index is 2.75. The first-order valence-corrected chi connectivity index (χ1v) is 6.72. The van der Waals surface area contributed by atoms with Crippen molar-refractivity contribution in [2.75, 3.05) is 13.6 Å². The molecule has 20 heavy (non-hydrogen) atoms. The van der Waals surface area contributed by atoms with Crippen molar-refractivity contribution < 1.29 is 18.3 Å². The predicted octanol–water partition coefficient (Wildman–Crippen LogP) is 2.16.